The molecule has 1 fully saturated rings. The van der Waals surface area contributed by atoms with E-state index >= 15 is 0 Å². The van der Waals surface area contributed by atoms with Gasteiger partial charge in [0.05, 0.1) is 5.56 Å². The van der Waals surface area contributed by atoms with Gasteiger partial charge in [-0.1, -0.05) is 6.07 Å². The first kappa shape index (κ1) is 15.7. The van der Waals surface area contributed by atoms with E-state index in [-0.39, 0.29) is 5.91 Å². The third kappa shape index (κ3) is 4.12. The number of halogens is 3. The average Bonchev–Trinajstić information content (AvgIpc) is 2.47. The number of benzene rings is 1. The van der Waals surface area contributed by atoms with Gasteiger partial charge < -0.3 is 10.2 Å². The molecule has 2 rings (SSSR count). The Labute approximate surface area is 122 Å². The molecule has 0 spiro atoms. The molecule has 1 aromatic rings. The van der Waals surface area contributed by atoms with Gasteiger partial charge in [-0.25, -0.2) is 0 Å². The average molecular weight is 300 g/mol. The van der Waals surface area contributed by atoms with Crippen LogP contribution in [-0.2, 0) is 11.0 Å². The smallest absolute Gasteiger partial charge is 0.372 e. The number of carbonyl (C=O) groups is 1. The van der Waals surface area contributed by atoms with Gasteiger partial charge >= 0.3 is 6.18 Å². The fraction of sp³-hybridized carbons (Fsp3) is 0.533. The maximum Gasteiger partial charge on any atom is 0.416 e. The van der Waals surface area contributed by atoms with E-state index in [9.17, 15) is 18.0 Å². The van der Waals surface area contributed by atoms with Gasteiger partial charge in [0.15, 0.2) is 0 Å². The van der Waals surface area contributed by atoms with Crippen molar-refractivity contribution in [2.75, 3.05) is 25.0 Å². The topological polar surface area (TPSA) is 32.3 Å². The van der Waals surface area contributed by atoms with Crippen molar-refractivity contribution in [2.45, 2.75) is 25.4 Å². The highest BCUT2D eigenvalue weighted by Gasteiger charge is 2.31. The summed E-state index contributed by atoms with van der Waals surface area (Å²) < 4.78 is 38.1. The van der Waals surface area contributed by atoms with Gasteiger partial charge in [0, 0.05) is 32.2 Å². The maximum atomic E-state index is 12.7. The summed E-state index contributed by atoms with van der Waals surface area (Å²) in [6, 6.07) is 5.42. The third-order valence-electron chi connectivity index (χ3n) is 3.91. The first-order valence-corrected chi connectivity index (χ1v) is 7.03. The molecule has 0 bridgehead atoms. The Bertz CT molecular complexity index is 494. The van der Waals surface area contributed by atoms with Crippen molar-refractivity contribution in [1.82, 2.24) is 5.32 Å². The highest BCUT2D eigenvalue weighted by Crippen LogP contribution is 2.33. The van der Waals surface area contributed by atoms with Gasteiger partial charge in [-0.3, -0.25) is 4.79 Å². The Hall–Kier alpha value is -1.72. The monoisotopic (exact) mass is 300 g/mol. The lowest BCUT2D eigenvalue weighted by Gasteiger charge is -2.33. The van der Waals surface area contributed by atoms with Crippen molar-refractivity contribution in [2.24, 2.45) is 5.92 Å². The summed E-state index contributed by atoms with van der Waals surface area (Å²) in [5.41, 5.74) is -0.0179. The number of piperidine rings is 1. The van der Waals surface area contributed by atoms with Crippen LogP contribution in [-0.4, -0.2) is 26.0 Å². The molecule has 1 heterocycles. The predicted molar refractivity (Wildman–Crippen MR) is 75.1 cm³/mol. The Morgan fingerprint density at radius 3 is 2.57 bits per heavy atom. The van der Waals surface area contributed by atoms with Gasteiger partial charge in [-0.15, -0.1) is 0 Å². The van der Waals surface area contributed by atoms with Crippen LogP contribution in [0.5, 0.6) is 0 Å². The number of anilines is 1. The first-order chi connectivity index (χ1) is 9.90. The van der Waals surface area contributed by atoms with Crippen LogP contribution in [0.1, 0.15) is 24.8 Å². The Morgan fingerprint density at radius 1 is 1.33 bits per heavy atom. The normalized spacial score (nSPS) is 16.9. The zero-order valence-corrected chi connectivity index (χ0v) is 11.9. The van der Waals surface area contributed by atoms with Crippen molar-refractivity contribution in [1.29, 1.82) is 0 Å². The van der Waals surface area contributed by atoms with E-state index in [1.807, 2.05) is 4.90 Å². The first-order valence-electron chi connectivity index (χ1n) is 7.03. The van der Waals surface area contributed by atoms with Gasteiger partial charge in [-0.2, -0.15) is 13.2 Å². The molecule has 1 saturated heterocycles. The second kappa shape index (κ2) is 6.37. The molecular weight excluding hydrogens is 281 g/mol. The van der Waals surface area contributed by atoms with Gasteiger partial charge in [0.25, 0.3) is 0 Å². The number of alkyl halides is 3. The van der Waals surface area contributed by atoms with Crippen molar-refractivity contribution in [3.8, 4) is 0 Å². The molecule has 0 aliphatic carbocycles. The largest absolute Gasteiger partial charge is 0.416 e. The van der Waals surface area contributed by atoms with Crippen LogP contribution in [0.25, 0.3) is 0 Å². The Morgan fingerprint density at radius 2 is 2.00 bits per heavy atom. The Kier molecular flexibility index (Phi) is 4.75. The van der Waals surface area contributed by atoms with Crippen molar-refractivity contribution in [3.63, 3.8) is 0 Å². The summed E-state index contributed by atoms with van der Waals surface area (Å²) in [4.78, 5) is 13.3. The van der Waals surface area contributed by atoms with E-state index in [2.05, 4.69) is 5.32 Å². The predicted octanol–water partition coefficient (Wildman–Crippen LogP) is 3.06. The SMILES string of the molecule is CNC(=O)CC1CCN(c2cccc(C(F)(F)F)c2)CC1. The lowest BCUT2D eigenvalue weighted by atomic mass is 9.93. The molecule has 0 unspecified atom stereocenters. The minimum absolute atomic E-state index is 0.0209. The lowest BCUT2D eigenvalue weighted by molar-refractivity contribution is -0.137. The molecule has 0 atom stereocenters. The number of hydrogen-bond donors (Lipinski definition) is 1. The van der Waals surface area contributed by atoms with E-state index in [1.54, 1.807) is 13.1 Å². The molecule has 6 heteroatoms. The fourth-order valence-electron chi connectivity index (χ4n) is 2.64. The van der Waals surface area contributed by atoms with Gasteiger partial charge in [-0.05, 0) is 37.0 Å². The van der Waals surface area contributed by atoms with E-state index in [1.165, 1.54) is 12.1 Å². The molecule has 116 valence electrons. The van der Waals surface area contributed by atoms with E-state index in [4.69, 9.17) is 0 Å². The number of carbonyl (C=O) groups excluding carboxylic acids is 1. The van der Waals surface area contributed by atoms with Crippen molar-refractivity contribution < 1.29 is 18.0 Å². The molecule has 0 aromatic heterocycles. The summed E-state index contributed by atoms with van der Waals surface area (Å²) in [7, 11) is 1.61. The van der Waals surface area contributed by atoms with Crippen molar-refractivity contribution >= 4 is 11.6 Å². The lowest BCUT2D eigenvalue weighted by Crippen LogP contribution is -2.35. The minimum atomic E-state index is -4.31. The molecule has 0 radical (unpaired) electrons. The second-order valence-corrected chi connectivity index (χ2v) is 5.36. The molecule has 0 saturated carbocycles. The fourth-order valence-corrected chi connectivity index (χ4v) is 2.64. The van der Waals surface area contributed by atoms with Crippen LogP contribution in [0, 0.1) is 5.92 Å². The minimum Gasteiger partial charge on any atom is -0.372 e. The second-order valence-electron chi connectivity index (χ2n) is 5.36. The van der Waals surface area contributed by atoms with E-state index < -0.39 is 11.7 Å². The van der Waals surface area contributed by atoms with Crippen LogP contribution in [0.4, 0.5) is 18.9 Å². The maximum absolute atomic E-state index is 12.7. The van der Waals surface area contributed by atoms with E-state index in [0.29, 0.717) is 31.1 Å². The Balaban J connectivity index is 1.98. The van der Waals surface area contributed by atoms with Crippen LogP contribution < -0.4 is 10.2 Å². The highest BCUT2D eigenvalue weighted by atomic mass is 19.4. The number of nitrogens with one attached hydrogen (secondary N) is 1. The van der Waals surface area contributed by atoms with Gasteiger partial charge in [0.1, 0.15) is 0 Å². The van der Waals surface area contributed by atoms with Crippen LogP contribution in [0.3, 0.4) is 0 Å². The number of hydrogen-bond acceptors (Lipinski definition) is 2. The highest BCUT2D eigenvalue weighted by molar-refractivity contribution is 5.75. The summed E-state index contributed by atoms with van der Waals surface area (Å²) in [6.07, 6.45) is -2.17. The van der Waals surface area contributed by atoms with Crippen molar-refractivity contribution in [3.05, 3.63) is 29.8 Å². The molecule has 21 heavy (non-hydrogen) atoms. The molecular formula is C15H19F3N2O. The number of nitrogens with zero attached hydrogens (tertiary/aromatic N) is 1. The van der Waals surface area contributed by atoms with Crippen LogP contribution in [0.15, 0.2) is 24.3 Å². The van der Waals surface area contributed by atoms with Crippen LogP contribution in [0.2, 0.25) is 0 Å². The number of amides is 1. The summed E-state index contributed by atoms with van der Waals surface area (Å²) in [5, 5.41) is 2.60. The van der Waals surface area contributed by atoms with E-state index in [0.717, 1.165) is 18.9 Å². The number of rotatable bonds is 3. The molecule has 1 N–H and O–H groups in total. The van der Waals surface area contributed by atoms with Gasteiger partial charge in [0.2, 0.25) is 5.91 Å². The zero-order valence-electron chi connectivity index (χ0n) is 11.9. The quantitative estimate of drug-likeness (QED) is 0.930. The molecule has 3 nitrogen and oxygen atoms in total. The summed E-state index contributed by atoms with van der Waals surface area (Å²) in [6.45, 7) is 1.37. The molecule has 1 aromatic carbocycles. The summed E-state index contributed by atoms with van der Waals surface area (Å²) in [5.74, 6) is 0.333. The van der Waals surface area contributed by atoms with Crippen LogP contribution >= 0.6 is 0 Å². The molecule has 1 amide bonds. The standard InChI is InChI=1S/C15H19F3N2O/c1-19-14(21)9-11-5-7-20(8-6-11)13-4-2-3-12(10-13)15(16,17)18/h2-4,10-11H,5-9H2,1H3,(H,19,21). The third-order valence-corrected chi connectivity index (χ3v) is 3.91. The molecule has 1 aliphatic rings. The summed E-state index contributed by atoms with van der Waals surface area (Å²) >= 11 is 0. The zero-order chi connectivity index (χ0) is 15.5. The molecule has 1 aliphatic heterocycles.